The van der Waals surface area contributed by atoms with Crippen molar-refractivity contribution in [2.75, 3.05) is 0 Å². The Morgan fingerprint density at radius 2 is 1.15 bits per heavy atom. The standard InChI is InChI=1S/C20H32/c1-2-3-4-5-6-7-8-9-10-11-12-14-17-20-18-15-13-16-19-20/h2,13,15-16,18-19H,1,3-12,14,17H2. The number of allylic oxidation sites excluding steroid dienone is 1. The van der Waals surface area contributed by atoms with E-state index < -0.39 is 0 Å². The van der Waals surface area contributed by atoms with Crippen molar-refractivity contribution >= 4 is 0 Å². The average Bonchev–Trinajstić information content (AvgIpc) is 2.49. The summed E-state index contributed by atoms with van der Waals surface area (Å²) < 4.78 is 0. The first-order valence-electron chi connectivity index (χ1n) is 8.58. The fourth-order valence-corrected chi connectivity index (χ4v) is 2.68. The molecule has 0 amide bonds. The third-order valence-electron chi connectivity index (χ3n) is 3.97. The largest absolute Gasteiger partial charge is 0.103 e. The van der Waals surface area contributed by atoms with Crippen LogP contribution in [-0.2, 0) is 6.42 Å². The van der Waals surface area contributed by atoms with E-state index in [1.807, 2.05) is 6.08 Å². The van der Waals surface area contributed by atoms with E-state index in [-0.39, 0.29) is 0 Å². The number of benzene rings is 1. The molecule has 0 unspecified atom stereocenters. The Labute approximate surface area is 126 Å². The molecule has 1 aromatic rings. The molecule has 0 bridgehead atoms. The van der Waals surface area contributed by atoms with Crippen LogP contribution in [-0.4, -0.2) is 0 Å². The lowest BCUT2D eigenvalue weighted by Gasteiger charge is -2.03. The number of rotatable bonds is 13. The molecule has 0 heterocycles. The van der Waals surface area contributed by atoms with Gasteiger partial charge in [-0.1, -0.05) is 87.8 Å². The Bertz CT molecular complexity index is 312. The Morgan fingerprint density at radius 3 is 1.70 bits per heavy atom. The van der Waals surface area contributed by atoms with E-state index >= 15 is 0 Å². The summed E-state index contributed by atoms with van der Waals surface area (Å²) in [6, 6.07) is 10.9. The van der Waals surface area contributed by atoms with Gasteiger partial charge < -0.3 is 0 Å². The van der Waals surface area contributed by atoms with Gasteiger partial charge >= 0.3 is 0 Å². The molecule has 0 aliphatic heterocycles. The molecular formula is C20H32. The van der Waals surface area contributed by atoms with Gasteiger partial charge in [-0.3, -0.25) is 0 Å². The van der Waals surface area contributed by atoms with Gasteiger partial charge in [-0.15, -0.1) is 6.58 Å². The first kappa shape index (κ1) is 17.0. The van der Waals surface area contributed by atoms with Gasteiger partial charge in [-0.2, -0.15) is 0 Å². The molecule has 0 aromatic heterocycles. The second-order valence-corrected chi connectivity index (χ2v) is 5.85. The van der Waals surface area contributed by atoms with Crippen LogP contribution in [0.4, 0.5) is 0 Å². The van der Waals surface area contributed by atoms with E-state index in [0.29, 0.717) is 0 Å². The lowest BCUT2D eigenvalue weighted by atomic mass is 10.0. The number of unbranched alkanes of at least 4 members (excludes halogenated alkanes) is 10. The van der Waals surface area contributed by atoms with E-state index in [2.05, 4.69) is 36.9 Å². The van der Waals surface area contributed by atoms with Crippen molar-refractivity contribution < 1.29 is 0 Å². The molecule has 1 aromatic carbocycles. The Morgan fingerprint density at radius 1 is 0.650 bits per heavy atom. The van der Waals surface area contributed by atoms with Crippen LogP contribution < -0.4 is 0 Å². The van der Waals surface area contributed by atoms with Crippen LogP contribution >= 0.6 is 0 Å². The van der Waals surface area contributed by atoms with Gasteiger partial charge in [0, 0.05) is 0 Å². The molecule has 0 atom stereocenters. The van der Waals surface area contributed by atoms with E-state index in [4.69, 9.17) is 0 Å². The van der Waals surface area contributed by atoms with Crippen LogP contribution in [0.2, 0.25) is 0 Å². The number of hydrogen-bond acceptors (Lipinski definition) is 0. The highest BCUT2D eigenvalue weighted by atomic mass is 14.0. The normalized spacial score (nSPS) is 10.6. The summed E-state index contributed by atoms with van der Waals surface area (Å²) in [5.41, 5.74) is 1.49. The lowest BCUT2D eigenvalue weighted by Crippen LogP contribution is -1.86. The van der Waals surface area contributed by atoms with Gasteiger partial charge in [0.2, 0.25) is 0 Å². The third-order valence-corrected chi connectivity index (χ3v) is 3.97. The minimum atomic E-state index is 1.20. The van der Waals surface area contributed by atoms with Crippen molar-refractivity contribution in [3.63, 3.8) is 0 Å². The summed E-state index contributed by atoms with van der Waals surface area (Å²) in [7, 11) is 0. The summed E-state index contributed by atoms with van der Waals surface area (Å²) in [5, 5.41) is 0. The minimum Gasteiger partial charge on any atom is -0.103 e. The van der Waals surface area contributed by atoms with Crippen molar-refractivity contribution in [1.82, 2.24) is 0 Å². The highest BCUT2D eigenvalue weighted by Gasteiger charge is 1.94. The smallest absolute Gasteiger partial charge is 0.0279 e. The molecule has 0 fully saturated rings. The van der Waals surface area contributed by atoms with Crippen LogP contribution in [0.5, 0.6) is 0 Å². The van der Waals surface area contributed by atoms with Crippen LogP contribution in [0, 0.1) is 0 Å². The highest BCUT2D eigenvalue weighted by molar-refractivity contribution is 5.14. The van der Waals surface area contributed by atoms with Gasteiger partial charge in [0.05, 0.1) is 0 Å². The molecule has 1 rings (SSSR count). The van der Waals surface area contributed by atoms with Crippen LogP contribution in [0.25, 0.3) is 0 Å². The molecule has 20 heavy (non-hydrogen) atoms. The van der Waals surface area contributed by atoms with E-state index in [1.54, 1.807) is 0 Å². The Hall–Kier alpha value is -1.04. The molecule has 0 heteroatoms. The maximum absolute atomic E-state index is 3.76. The predicted octanol–water partition coefficient (Wildman–Crippen LogP) is 6.71. The summed E-state index contributed by atoms with van der Waals surface area (Å²) in [6.45, 7) is 3.76. The zero-order valence-corrected chi connectivity index (χ0v) is 13.2. The molecular weight excluding hydrogens is 240 g/mol. The summed E-state index contributed by atoms with van der Waals surface area (Å²) in [5.74, 6) is 0. The second-order valence-electron chi connectivity index (χ2n) is 5.85. The summed E-state index contributed by atoms with van der Waals surface area (Å²) in [6.07, 6.45) is 18.5. The first-order chi connectivity index (χ1) is 9.93. The fraction of sp³-hybridized carbons (Fsp3) is 0.600. The van der Waals surface area contributed by atoms with Crippen molar-refractivity contribution in [2.24, 2.45) is 0 Å². The molecule has 0 aliphatic carbocycles. The van der Waals surface area contributed by atoms with Crippen molar-refractivity contribution in [3.8, 4) is 0 Å². The minimum absolute atomic E-state index is 1.20. The van der Waals surface area contributed by atoms with Gasteiger partial charge in [0.1, 0.15) is 0 Å². The zero-order valence-electron chi connectivity index (χ0n) is 13.2. The predicted molar refractivity (Wildman–Crippen MR) is 91.1 cm³/mol. The maximum atomic E-state index is 3.76. The number of hydrogen-bond donors (Lipinski definition) is 0. The number of aryl methyl sites for hydroxylation is 1. The van der Waals surface area contributed by atoms with E-state index in [0.717, 1.165) is 0 Å². The van der Waals surface area contributed by atoms with E-state index in [1.165, 1.54) is 82.6 Å². The Kier molecular flexibility index (Phi) is 11.0. The molecule has 0 saturated heterocycles. The molecule has 0 spiro atoms. The van der Waals surface area contributed by atoms with Crippen LogP contribution in [0.1, 0.15) is 76.2 Å². The zero-order chi connectivity index (χ0) is 14.3. The lowest BCUT2D eigenvalue weighted by molar-refractivity contribution is 0.552. The van der Waals surface area contributed by atoms with Crippen LogP contribution in [0.15, 0.2) is 43.0 Å². The third kappa shape index (κ3) is 9.83. The average molecular weight is 272 g/mol. The molecule has 0 aliphatic rings. The van der Waals surface area contributed by atoms with Gasteiger partial charge in [0.25, 0.3) is 0 Å². The molecule has 0 radical (unpaired) electrons. The van der Waals surface area contributed by atoms with Crippen molar-refractivity contribution in [3.05, 3.63) is 48.6 Å². The van der Waals surface area contributed by atoms with E-state index in [9.17, 15) is 0 Å². The van der Waals surface area contributed by atoms with Crippen molar-refractivity contribution in [1.29, 1.82) is 0 Å². The van der Waals surface area contributed by atoms with Gasteiger partial charge in [-0.05, 0) is 31.2 Å². The van der Waals surface area contributed by atoms with Crippen LogP contribution in [0.3, 0.4) is 0 Å². The molecule has 0 nitrogen and oxygen atoms in total. The summed E-state index contributed by atoms with van der Waals surface area (Å²) in [4.78, 5) is 0. The second kappa shape index (κ2) is 13.0. The van der Waals surface area contributed by atoms with Gasteiger partial charge in [0.15, 0.2) is 0 Å². The first-order valence-corrected chi connectivity index (χ1v) is 8.58. The quantitative estimate of drug-likeness (QED) is 0.276. The van der Waals surface area contributed by atoms with Crippen molar-refractivity contribution in [2.45, 2.75) is 77.0 Å². The van der Waals surface area contributed by atoms with Gasteiger partial charge in [-0.25, -0.2) is 0 Å². The highest BCUT2D eigenvalue weighted by Crippen LogP contribution is 2.12. The molecule has 112 valence electrons. The topological polar surface area (TPSA) is 0 Å². The summed E-state index contributed by atoms with van der Waals surface area (Å²) >= 11 is 0. The monoisotopic (exact) mass is 272 g/mol. The molecule has 0 N–H and O–H groups in total. The Balaban J connectivity index is 1.78. The maximum Gasteiger partial charge on any atom is -0.0279 e. The fourth-order valence-electron chi connectivity index (χ4n) is 2.68. The SMILES string of the molecule is C=CCCCCCCCCCCCCc1ccccc1. The molecule has 0 saturated carbocycles.